The molecule has 0 fully saturated rings. The number of benzene rings is 1. The van der Waals surface area contributed by atoms with E-state index >= 15 is 0 Å². The topological polar surface area (TPSA) is 94.6 Å². The zero-order valence-electron chi connectivity index (χ0n) is 11.4. The van der Waals surface area contributed by atoms with Crippen LogP contribution in [0.5, 0.6) is 0 Å². The van der Waals surface area contributed by atoms with Crippen molar-refractivity contribution >= 4 is 33.2 Å². The van der Waals surface area contributed by atoms with Crippen molar-refractivity contribution in [1.82, 2.24) is 0 Å². The molecule has 0 spiro atoms. The number of nitriles is 1. The van der Waals surface area contributed by atoms with Crippen molar-refractivity contribution in [2.45, 2.75) is 6.92 Å². The molecule has 0 bridgehead atoms. The number of carbonyl (C=O) groups is 2. The lowest BCUT2D eigenvalue weighted by atomic mass is 10.1. The Morgan fingerprint density at radius 2 is 1.91 bits per heavy atom. The van der Waals surface area contributed by atoms with Crippen molar-refractivity contribution in [2.75, 3.05) is 5.32 Å². The van der Waals surface area contributed by atoms with E-state index in [0.717, 1.165) is 11.3 Å². The molecule has 1 amide bonds. The summed E-state index contributed by atoms with van der Waals surface area (Å²) in [7, 11) is 0. The predicted molar refractivity (Wildman–Crippen MR) is 81.4 cm³/mol. The number of hydrogen-bond donors (Lipinski definition) is 2. The molecule has 2 aromatic rings. The van der Waals surface area contributed by atoms with Gasteiger partial charge in [0, 0.05) is 5.56 Å². The molecule has 0 aliphatic carbocycles. The van der Waals surface area contributed by atoms with Crippen LogP contribution in [0, 0.1) is 24.8 Å². The van der Waals surface area contributed by atoms with Crippen LogP contribution < -0.4 is 5.32 Å². The second-order valence-corrected chi connectivity index (χ2v) is 5.30. The Bertz CT molecular complexity index is 839. The third kappa shape index (κ3) is 2.80. The maximum atomic E-state index is 12.1. The third-order valence-corrected chi connectivity index (χ3v) is 4.06. The highest BCUT2D eigenvalue weighted by Crippen LogP contribution is 2.38. The number of rotatable bonds is 3. The molecule has 1 aromatic carbocycles. The van der Waals surface area contributed by atoms with Gasteiger partial charge >= 0.3 is 5.97 Å². The Morgan fingerprint density at radius 3 is 2.41 bits per heavy atom. The van der Waals surface area contributed by atoms with Crippen LogP contribution in [0.1, 0.15) is 31.8 Å². The van der Waals surface area contributed by atoms with Crippen molar-refractivity contribution < 1.29 is 14.7 Å². The molecular weight excluding hydrogens is 302 g/mol. The molecule has 0 atom stereocenters. The van der Waals surface area contributed by atoms with E-state index in [9.17, 15) is 9.59 Å². The first kappa shape index (κ1) is 15.2. The Morgan fingerprint density at radius 1 is 1.32 bits per heavy atom. The fourth-order valence-electron chi connectivity index (χ4n) is 1.77. The highest BCUT2D eigenvalue weighted by Gasteiger charge is 2.17. The van der Waals surface area contributed by atoms with Crippen LogP contribution in [0.3, 0.4) is 0 Å². The molecule has 2 rings (SSSR count). The normalized spacial score (nSPS) is 9.59. The Hall–Kier alpha value is -3.16. The average molecular weight is 311 g/mol. The zero-order chi connectivity index (χ0) is 16.3. The van der Waals surface area contributed by atoms with Gasteiger partial charge in [0.15, 0.2) is 0 Å². The van der Waals surface area contributed by atoms with Crippen molar-refractivity contribution in [1.29, 1.82) is 5.26 Å². The molecule has 7 heteroatoms. The minimum absolute atomic E-state index is 0.0801. The Labute approximate surface area is 130 Å². The van der Waals surface area contributed by atoms with Gasteiger partial charge in [0.1, 0.15) is 11.1 Å². The van der Waals surface area contributed by atoms with Crippen LogP contribution >= 0.6 is 11.3 Å². The van der Waals surface area contributed by atoms with Gasteiger partial charge < -0.3 is 10.4 Å². The standard InChI is InChI=1S/C15H9N3O3S/c1-8-11(7-16)14(22-13(8)17-2)18-12(19)9-3-5-10(6-4-9)15(20)21/h3-6H,1H3,(H,18,19)(H,20,21). The lowest BCUT2D eigenvalue weighted by Crippen LogP contribution is -2.12. The van der Waals surface area contributed by atoms with E-state index < -0.39 is 11.9 Å². The first-order chi connectivity index (χ1) is 10.5. The lowest BCUT2D eigenvalue weighted by molar-refractivity contribution is 0.0696. The molecule has 0 aliphatic rings. The summed E-state index contributed by atoms with van der Waals surface area (Å²) in [6.45, 7) is 8.69. The molecule has 0 saturated heterocycles. The molecule has 0 unspecified atom stereocenters. The SMILES string of the molecule is [C-]#[N+]c1sc(NC(=O)c2ccc(C(=O)O)cc2)c(C#N)c1C. The quantitative estimate of drug-likeness (QED) is 0.849. The highest BCUT2D eigenvalue weighted by molar-refractivity contribution is 7.20. The molecule has 0 aliphatic heterocycles. The average Bonchev–Trinajstić information content (AvgIpc) is 2.82. The first-order valence-corrected chi connectivity index (χ1v) is 6.85. The van der Waals surface area contributed by atoms with Crippen molar-refractivity contribution in [3.05, 3.63) is 57.9 Å². The van der Waals surface area contributed by atoms with Gasteiger partial charge in [-0.15, -0.1) is 11.3 Å². The zero-order valence-corrected chi connectivity index (χ0v) is 12.2. The molecule has 1 aromatic heterocycles. The van der Waals surface area contributed by atoms with E-state index in [-0.39, 0.29) is 16.7 Å². The number of nitrogens with zero attached hydrogens (tertiary/aromatic N) is 2. The van der Waals surface area contributed by atoms with Gasteiger partial charge in [-0.05, 0) is 36.8 Å². The minimum Gasteiger partial charge on any atom is -0.478 e. The second-order valence-electron chi connectivity index (χ2n) is 4.30. The van der Waals surface area contributed by atoms with Crippen LogP contribution in [0.2, 0.25) is 0 Å². The van der Waals surface area contributed by atoms with Gasteiger partial charge in [0.25, 0.3) is 5.91 Å². The first-order valence-electron chi connectivity index (χ1n) is 6.03. The smallest absolute Gasteiger partial charge is 0.335 e. The van der Waals surface area contributed by atoms with Crippen LogP contribution in [0.15, 0.2) is 24.3 Å². The molecular formula is C15H9N3O3S. The van der Waals surface area contributed by atoms with E-state index in [1.807, 2.05) is 6.07 Å². The maximum absolute atomic E-state index is 12.1. The van der Waals surface area contributed by atoms with Crippen molar-refractivity contribution in [3.63, 3.8) is 0 Å². The van der Waals surface area contributed by atoms with E-state index in [1.165, 1.54) is 24.3 Å². The van der Waals surface area contributed by atoms with Gasteiger partial charge in [0.05, 0.1) is 17.7 Å². The number of thiophene rings is 1. The largest absolute Gasteiger partial charge is 0.478 e. The van der Waals surface area contributed by atoms with E-state index in [0.29, 0.717) is 15.6 Å². The van der Waals surface area contributed by atoms with E-state index in [4.69, 9.17) is 16.9 Å². The molecule has 22 heavy (non-hydrogen) atoms. The van der Waals surface area contributed by atoms with Crippen molar-refractivity contribution in [3.8, 4) is 6.07 Å². The molecule has 0 radical (unpaired) electrons. The van der Waals surface area contributed by atoms with Crippen molar-refractivity contribution in [2.24, 2.45) is 0 Å². The summed E-state index contributed by atoms with van der Waals surface area (Å²) in [5.41, 5.74) is 1.16. The Kier molecular flexibility index (Phi) is 4.21. The second kappa shape index (κ2) is 6.08. The van der Waals surface area contributed by atoms with Gasteiger partial charge in [-0.2, -0.15) is 5.26 Å². The van der Waals surface area contributed by atoms with E-state index in [1.54, 1.807) is 6.92 Å². The van der Waals surface area contributed by atoms with Gasteiger partial charge in [-0.25, -0.2) is 9.64 Å². The number of aromatic carboxylic acids is 1. The number of amides is 1. The van der Waals surface area contributed by atoms with Gasteiger partial charge in [0.2, 0.25) is 5.00 Å². The number of nitrogens with one attached hydrogen (secondary N) is 1. The predicted octanol–water partition coefficient (Wildman–Crippen LogP) is 3.43. The van der Waals surface area contributed by atoms with Crippen LogP contribution in [-0.2, 0) is 0 Å². The lowest BCUT2D eigenvalue weighted by Gasteiger charge is -2.04. The summed E-state index contributed by atoms with van der Waals surface area (Å²) in [5, 5.41) is 21.2. The maximum Gasteiger partial charge on any atom is 0.335 e. The van der Waals surface area contributed by atoms with Crippen LogP contribution in [0.4, 0.5) is 10.0 Å². The minimum atomic E-state index is -1.07. The Balaban J connectivity index is 2.28. The van der Waals surface area contributed by atoms with Gasteiger partial charge in [-0.3, -0.25) is 4.79 Å². The molecule has 1 heterocycles. The fraction of sp³-hybridized carbons (Fsp3) is 0.0667. The molecule has 2 N–H and O–H groups in total. The van der Waals surface area contributed by atoms with Crippen LogP contribution in [0.25, 0.3) is 4.85 Å². The monoisotopic (exact) mass is 311 g/mol. The third-order valence-electron chi connectivity index (χ3n) is 2.96. The van der Waals surface area contributed by atoms with Gasteiger partial charge in [-0.1, -0.05) is 0 Å². The number of carboxylic acid groups (broad SMARTS) is 1. The number of hydrogen-bond acceptors (Lipinski definition) is 4. The van der Waals surface area contributed by atoms with E-state index in [2.05, 4.69) is 10.2 Å². The summed E-state index contributed by atoms with van der Waals surface area (Å²) in [6, 6.07) is 7.41. The number of anilines is 1. The summed E-state index contributed by atoms with van der Waals surface area (Å²) >= 11 is 1.04. The number of carbonyl (C=O) groups excluding carboxylic acids is 1. The summed E-state index contributed by atoms with van der Waals surface area (Å²) in [5.74, 6) is -1.54. The summed E-state index contributed by atoms with van der Waals surface area (Å²) in [4.78, 5) is 26.2. The molecule has 0 saturated carbocycles. The fourth-order valence-corrected chi connectivity index (χ4v) is 2.71. The van der Waals surface area contributed by atoms with Crippen LogP contribution in [-0.4, -0.2) is 17.0 Å². The highest BCUT2D eigenvalue weighted by atomic mass is 32.1. The summed E-state index contributed by atoms with van der Waals surface area (Å²) < 4.78 is 0. The molecule has 6 nitrogen and oxygen atoms in total. The molecule has 108 valence electrons. The summed E-state index contributed by atoms with van der Waals surface area (Å²) in [6.07, 6.45) is 0. The number of carboxylic acids is 1.